The van der Waals surface area contributed by atoms with Crippen LogP contribution in [0.4, 0.5) is 4.39 Å². The lowest BCUT2D eigenvalue weighted by atomic mass is 10.2. The van der Waals surface area contributed by atoms with E-state index in [4.69, 9.17) is 9.15 Å². The van der Waals surface area contributed by atoms with Gasteiger partial charge in [0.1, 0.15) is 17.1 Å². The van der Waals surface area contributed by atoms with Crippen molar-refractivity contribution in [1.29, 1.82) is 0 Å². The molecule has 1 heterocycles. The summed E-state index contributed by atoms with van der Waals surface area (Å²) in [4.78, 5) is 12.4. The smallest absolute Gasteiger partial charge is 0.235 e. The Bertz CT molecular complexity index is 883. The van der Waals surface area contributed by atoms with Crippen molar-refractivity contribution in [3.8, 4) is 17.2 Å². The summed E-state index contributed by atoms with van der Waals surface area (Å²) in [6.07, 6.45) is 0. The number of aryl methyl sites for hydroxylation is 1. The van der Waals surface area contributed by atoms with Gasteiger partial charge in [0, 0.05) is 6.07 Å². The van der Waals surface area contributed by atoms with E-state index in [1.54, 1.807) is 13.0 Å². The van der Waals surface area contributed by atoms with E-state index in [1.165, 1.54) is 36.4 Å². The summed E-state index contributed by atoms with van der Waals surface area (Å²) in [7, 11) is 0. The Hall–Kier alpha value is -2.82. The minimum absolute atomic E-state index is 0.00665. The van der Waals surface area contributed by atoms with Gasteiger partial charge in [0.25, 0.3) is 0 Å². The van der Waals surface area contributed by atoms with Crippen LogP contribution in [0.3, 0.4) is 0 Å². The van der Waals surface area contributed by atoms with Crippen molar-refractivity contribution < 1.29 is 18.7 Å². The SMILES string of the molecule is Cc1oc2cc(O)ccc2c(=O)c1Oc1ccccc1F. The van der Waals surface area contributed by atoms with E-state index in [9.17, 15) is 14.3 Å². The summed E-state index contributed by atoms with van der Waals surface area (Å²) >= 11 is 0. The summed E-state index contributed by atoms with van der Waals surface area (Å²) < 4.78 is 24.4. The minimum atomic E-state index is -0.567. The molecule has 4 nitrogen and oxygen atoms in total. The van der Waals surface area contributed by atoms with Gasteiger partial charge in [0.15, 0.2) is 11.6 Å². The number of benzene rings is 2. The third-order valence-electron chi connectivity index (χ3n) is 3.05. The van der Waals surface area contributed by atoms with Crippen molar-refractivity contribution in [3.05, 3.63) is 64.3 Å². The number of fused-ring (bicyclic) bond motifs is 1. The van der Waals surface area contributed by atoms with Gasteiger partial charge in [0.05, 0.1) is 5.39 Å². The zero-order chi connectivity index (χ0) is 15.0. The Labute approximate surface area is 119 Å². The third kappa shape index (κ3) is 2.33. The topological polar surface area (TPSA) is 59.7 Å². The number of phenols is 1. The normalized spacial score (nSPS) is 10.8. The fourth-order valence-corrected chi connectivity index (χ4v) is 2.03. The molecule has 0 spiro atoms. The van der Waals surface area contributed by atoms with E-state index in [1.807, 2.05) is 0 Å². The van der Waals surface area contributed by atoms with Gasteiger partial charge in [-0.3, -0.25) is 4.79 Å². The zero-order valence-corrected chi connectivity index (χ0v) is 11.1. The third-order valence-corrected chi connectivity index (χ3v) is 3.05. The molecule has 1 aromatic heterocycles. The van der Waals surface area contributed by atoms with Gasteiger partial charge in [-0.15, -0.1) is 0 Å². The number of halogens is 1. The van der Waals surface area contributed by atoms with E-state index in [0.717, 1.165) is 0 Å². The predicted octanol–water partition coefficient (Wildman–Crippen LogP) is 3.74. The first-order valence-corrected chi connectivity index (χ1v) is 6.25. The van der Waals surface area contributed by atoms with Gasteiger partial charge in [-0.25, -0.2) is 4.39 Å². The molecule has 5 heteroatoms. The second kappa shape index (κ2) is 4.94. The number of ether oxygens (including phenoxy) is 1. The van der Waals surface area contributed by atoms with Crippen LogP contribution in [-0.4, -0.2) is 5.11 Å². The van der Waals surface area contributed by atoms with Gasteiger partial charge in [0.2, 0.25) is 11.2 Å². The van der Waals surface area contributed by atoms with Crippen molar-refractivity contribution in [3.63, 3.8) is 0 Å². The first kappa shape index (κ1) is 13.2. The van der Waals surface area contributed by atoms with Crippen LogP contribution in [0, 0.1) is 12.7 Å². The molecule has 21 heavy (non-hydrogen) atoms. The molecule has 0 bridgehead atoms. The van der Waals surface area contributed by atoms with Crippen molar-refractivity contribution in [2.75, 3.05) is 0 Å². The Kier molecular flexibility index (Phi) is 3.10. The highest BCUT2D eigenvalue weighted by molar-refractivity contribution is 5.79. The lowest BCUT2D eigenvalue weighted by Crippen LogP contribution is -2.07. The summed E-state index contributed by atoms with van der Waals surface area (Å²) in [5, 5.41) is 9.66. The molecule has 0 atom stereocenters. The Morgan fingerprint density at radius 1 is 1.19 bits per heavy atom. The second-order valence-corrected chi connectivity index (χ2v) is 4.53. The monoisotopic (exact) mass is 286 g/mol. The molecular weight excluding hydrogens is 275 g/mol. The van der Waals surface area contributed by atoms with Gasteiger partial charge in [-0.1, -0.05) is 12.1 Å². The summed E-state index contributed by atoms with van der Waals surface area (Å²) in [5.41, 5.74) is -0.171. The van der Waals surface area contributed by atoms with Gasteiger partial charge in [-0.2, -0.15) is 0 Å². The van der Waals surface area contributed by atoms with E-state index in [-0.39, 0.29) is 34.0 Å². The maximum Gasteiger partial charge on any atom is 0.235 e. The number of aromatic hydroxyl groups is 1. The molecule has 0 saturated heterocycles. The van der Waals surface area contributed by atoms with Crippen LogP contribution in [0.5, 0.6) is 17.2 Å². The van der Waals surface area contributed by atoms with Crippen molar-refractivity contribution in [2.45, 2.75) is 6.92 Å². The average Bonchev–Trinajstić information content (AvgIpc) is 2.45. The van der Waals surface area contributed by atoms with E-state index in [0.29, 0.717) is 0 Å². The van der Waals surface area contributed by atoms with Crippen LogP contribution in [0.2, 0.25) is 0 Å². The van der Waals surface area contributed by atoms with Crippen LogP contribution in [0.25, 0.3) is 11.0 Å². The summed E-state index contributed by atoms with van der Waals surface area (Å²) in [6, 6.07) is 9.96. The van der Waals surface area contributed by atoms with Gasteiger partial charge >= 0.3 is 0 Å². The summed E-state index contributed by atoms with van der Waals surface area (Å²) in [6.45, 7) is 1.54. The molecule has 0 saturated carbocycles. The van der Waals surface area contributed by atoms with Crippen molar-refractivity contribution in [1.82, 2.24) is 0 Å². The molecular formula is C16H11FO4. The molecule has 0 aliphatic rings. The molecule has 1 N–H and O–H groups in total. The largest absolute Gasteiger partial charge is 0.508 e. The number of rotatable bonds is 2. The molecule has 106 valence electrons. The van der Waals surface area contributed by atoms with Crippen LogP contribution in [0.1, 0.15) is 5.76 Å². The molecule has 3 aromatic rings. The van der Waals surface area contributed by atoms with Crippen LogP contribution in [0.15, 0.2) is 51.7 Å². The molecule has 2 aromatic carbocycles. The highest BCUT2D eigenvalue weighted by atomic mass is 19.1. The molecule has 0 aliphatic carbocycles. The fraction of sp³-hybridized carbons (Fsp3) is 0.0625. The quantitative estimate of drug-likeness (QED) is 0.779. The van der Waals surface area contributed by atoms with E-state index < -0.39 is 11.2 Å². The highest BCUT2D eigenvalue weighted by Crippen LogP contribution is 2.28. The molecule has 0 amide bonds. The van der Waals surface area contributed by atoms with E-state index >= 15 is 0 Å². The van der Waals surface area contributed by atoms with E-state index in [2.05, 4.69) is 0 Å². The van der Waals surface area contributed by atoms with Gasteiger partial charge in [-0.05, 0) is 31.2 Å². The van der Waals surface area contributed by atoms with Crippen LogP contribution < -0.4 is 10.2 Å². The number of hydrogen-bond acceptors (Lipinski definition) is 4. The minimum Gasteiger partial charge on any atom is -0.508 e. The van der Waals surface area contributed by atoms with Crippen LogP contribution >= 0.6 is 0 Å². The Morgan fingerprint density at radius 2 is 1.95 bits per heavy atom. The Balaban J connectivity index is 2.17. The zero-order valence-electron chi connectivity index (χ0n) is 11.1. The van der Waals surface area contributed by atoms with Crippen molar-refractivity contribution >= 4 is 11.0 Å². The lowest BCUT2D eigenvalue weighted by molar-refractivity contribution is 0.411. The molecule has 0 aliphatic heterocycles. The molecule has 0 fully saturated rings. The van der Waals surface area contributed by atoms with Gasteiger partial charge < -0.3 is 14.3 Å². The maximum atomic E-state index is 13.6. The molecule has 3 rings (SSSR count). The van der Waals surface area contributed by atoms with Crippen molar-refractivity contribution in [2.24, 2.45) is 0 Å². The first-order valence-electron chi connectivity index (χ1n) is 6.25. The fourth-order valence-electron chi connectivity index (χ4n) is 2.03. The number of hydrogen-bond donors (Lipinski definition) is 1. The predicted molar refractivity (Wildman–Crippen MR) is 75.4 cm³/mol. The Morgan fingerprint density at radius 3 is 2.71 bits per heavy atom. The van der Waals surface area contributed by atoms with Crippen LogP contribution in [-0.2, 0) is 0 Å². The number of para-hydroxylation sites is 1. The number of phenolic OH excluding ortho intramolecular Hbond substituents is 1. The molecule has 0 unspecified atom stereocenters. The maximum absolute atomic E-state index is 13.6. The second-order valence-electron chi connectivity index (χ2n) is 4.53. The average molecular weight is 286 g/mol. The standard InChI is InChI=1S/C16H11FO4/c1-9-16(21-13-5-3-2-4-12(13)17)15(19)11-7-6-10(18)8-14(11)20-9/h2-8,18H,1H3. The first-order chi connectivity index (χ1) is 10.1. The molecule has 0 radical (unpaired) electrons. The lowest BCUT2D eigenvalue weighted by Gasteiger charge is -2.09. The highest BCUT2D eigenvalue weighted by Gasteiger charge is 2.15. The summed E-state index contributed by atoms with van der Waals surface area (Å²) in [5.74, 6) is -0.486.